The summed E-state index contributed by atoms with van der Waals surface area (Å²) in [4.78, 5) is 24.9. The van der Waals surface area contributed by atoms with Gasteiger partial charge < -0.3 is 14.2 Å². The minimum atomic E-state index is -0.499. The quantitative estimate of drug-likeness (QED) is 0.704. The minimum absolute atomic E-state index is 0.262. The third-order valence-electron chi connectivity index (χ3n) is 5.47. The van der Waals surface area contributed by atoms with Crippen LogP contribution in [0.2, 0.25) is 0 Å². The number of carbonyl (C=O) groups excluding carboxylic acids is 2. The van der Waals surface area contributed by atoms with Crippen LogP contribution in [-0.4, -0.2) is 33.1 Å². The van der Waals surface area contributed by atoms with Crippen LogP contribution < -0.4 is 25.1 Å². The van der Waals surface area contributed by atoms with E-state index in [4.69, 9.17) is 14.2 Å². The standard InChI is InChI=1S/C23H28N2O5/c1-28-19-13-18(14-20(29-2)21(19)30-3)23(27)25-24-22(26)17-11-9-16(10-12-17)15-7-5-4-6-8-15/h9-15H,4-8H2,1-3H3,(H,24,26)(H,25,27). The maximum Gasteiger partial charge on any atom is 0.269 e. The Morgan fingerprint density at radius 2 is 1.30 bits per heavy atom. The highest BCUT2D eigenvalue weighted by Crippen LogP contribution is 2.38. The smallest absolute Gasteiger partial charge is 0.269 e. The van der Waals surface area contributed by atoms with Gasteiger partial charge in [0.15, 0.2) is 11.5 Å². The number of amides is 2. The van der Waals surface area contributed by atoms with Crippen LogP contribution in [0.25, 0.3) is 0 Å². The van der Waals surface area contributed by atoms with Crippen LogP contribution >= 0.6 is 0 Å². The first-order valence-electron chi connectivity index (χ1n) is 10.1. The SMILES string of the molecule is COc1cc(C(=O)NNC(=O)c2ccc(C3CCCCC3)cc2)cc(OC)c1OC. The molecule has 0 bridgehead atoms. The number of hydrogen-bond donors (Lipinski definition) is 2. The third-order valence-corrected chi connectivity index (χ3v) is 5.47. The Morgan fingerprint density at radius 3 is 1.80 bits per heavy atom. The van der Waals surface area contributed by atoms with Crippen molar-refractivity contribution in [2.45, 2.75) is 38.0 Å². The summed E-state index contributed by atoms with van der Waals surface area (Å²) in [6.45, 7) is 0. The van der Waals surface area contributed by atoms with E-state index in [0.29, 0.717) is 28.7 Å². The van der Waals surface area contributed by atoms with Gasteiger partial charge in [-0.05, 0) is 48.6 Å². The average molecular weight is 412 g/mol. The lowest BCUT2D eigenvalue weighted by atomic mass is 9.84. The van der Waals surface area contributed by atoms with Gasteiger partial charge in [0.05, 0.1) is 21.3 Å². The summed E-state index contributed by atoms with van der Waals surface area (Å²) in [5.74, 6) is 0.792. The molecule has 0 spiro atoms. The van der Waals surface area contributed by atoms with E-state index in [1.165, 1.54) is 71.1 Å². The second-order valence-electron chi connectivity index (χ2n) is 7.28. The molecule has 7 nitrogen and oxygen atoms in total. The highest BCUT2D eigenvalue weighted by molar-refractivity contribution is 5.99. The van der Waals surface area contributed by atoms with E-state index in [1.54, 1.807) is 12.1 Å². The van der Waals surface area contributed by atoms with Gasteiger partial charge in [-0.2, -0.15) is 0 Å². The number of benzene rings is 2. The summed E-state index contributed by atoms with van der Waals surface area (Å²) in [7, 11) is 4.43. The Balaban J connectivity index is 1.63. The van der Waals surface area contributed by atoms with E-state index in [1.807, 2.05) is 12.1 Å². The summed E-state index contributed by atoms with van der Waals surface area (Å²) in [5.41, 5.74) is 6.89. The molecule has 0 saturated heterocycles. The van der Waals surface area contributed by atoms with Crippen LogP contribution in [0.5, 0.6) is 17.2 Å². The molecule has 0 aliphatic heterocycles. The molecule has 0 atom stereocenters. The van der Waals surface area contributed by atoms with Crippen molar-refractivity contribution < 1.29 is 23.8 Å². The molecule has 2 aromatic carbocycles. The maximum atomic E-state index is 12.5. The monoisotopic (exact) mass is 412 g/mol. The molecule has 1 saturated carbocycles. The minimum Gasteiger partial charge on any atom is -0.493 e. The first-order chi connectivity index (χ1) is 14.6. The molecule has 1 aliphatic rings. The molecule has 0 unspecified atom stereocenters. The molecule has 160 valence electrons. The molecule has 30 heavy (non-hydrogen) atoms. The molecular weight excluding hydrogens is 384 g/mol. The fraction of sp³-hybridized carbons (Fsp3) is 0.391. The predicted octanol–water partition coefficient (Wildman–Crippen LogP) is 3.83. The van der Waals surface area contributed by atoms with Crippen LogP contribution in [0.15, 0.2) is 36.4 Å². The second-order valence-corrected chi connectivity index (χ2v) is 7.28. The number of hydrogen-bond acceptors (Lipinski definition) is 5. The van der Waals surface area contributed by atoms with Crippen LogP contribution in [0.3, 0.4) is 0 Å². The van der Waals surface area contributed by atoms with Crippen LogP contribution in [0.1, 0.15) is 64.3 Å². The lowest BCUT2D eigenvalue weighted by molar-refractivity contribution is 0.0846. The Bertz CT molecular complexity index is 864. The first kappa shape index (κ1) is 21.5. The van der Waals surface area contributed by atoms with Crippen molar-refractivity contribution in [3.05, 3.63) is 53.1 Å². The largest absolute Gasteiger partial charge is 0.493 e. The molecule has 3 rings (SSSR count). The van der Waals surface area contributed by atoms with Crippen LogP contribution in [0.4, 0.5) is 0 Å². The van der Waals surface area contributed by atoms with Gasteiger partial charge in [0, 0.05) is 11.1 Å². The van der Waals surface area contributed by atoms with Crippen molar-refractivity contribution in [1.29, 1.82) is 0 Å². The van der Waals surface area contributed by atoms with Gasteiger partial charge in [-0.25, -0.2) is 0 Å². The summed E-state index contributed by atoms with van der Waals surface area (Å²) < 4.78 is 15.8. The molecule has 1 aliphatic carbocycles. The fourth-order valence-electron chi connectivity index (χ4n) is 3.81. The first-order valence-corrected chi connectivity index (χ1v) is 10.1. The molecule has 0 aromatic heterocycles. The van der Waals surface area contributed by atoms with Gasteiger partial charge >= 0.3 is 0 Å². The molecular formula is C23H28N2O5. The number of nitrogens with one attached hydrogen (secondary N) is 2. The summed E-state index contributed by atoms with van der Waals surface area (Å²) in [5, 5.41) is 0. The molecule has 1 fully saturated rings. The van der Waals surface area contributed by atoms with Crippen molar-refractivity contribution in [3.8, 4) is 17.2 Å². The molecule has 0 heterocycles. The van der Waals surface area contributed by atoms with Gasteiger partial charge in [-0.3, -0.25) is 20.4 Å². The predicted molar refractivity (Wildman–Crippen MR) is 113 cm³/mol. The molecule has 2 N–H and O–H groups in total. The maximum absolute atomic E-state index is 12.5. The molecule has 7 heteroatoms. The third kappa shape index (κ3) is 4.84. The van der Waals surface area contributed by atoms with Crippen molar-refractivity contribution in [2.75, 3.05) is 21.3 Å². The highest BCUT2D eigenvalue weighted by Gasteiger charge is 2.18. The zero-order valence-electron chi connectivity index (χ0n) is 17.6. The molecule has 0 radical (unpaired) electrons. The van der Waals surface area contributed by atoms with Crippen molar-refractivity contribution in [2.24, 2.45) is 0 Å². The van der Waals surface area contributed by atoms with Crippen molar-refractivity contribution in [3.63, 3.8) is 0 Å². The van der Waals surface area contributed by atoms with Gasteiger partial charge in [0.25, 0.3) is 11.8 Å². The normalized spacial score (nSPS) is 14.0. The van der Waals surface area contributed by atoms with Crippen molar-refractivity contribution in [1.82, 2.24) is 10.9 Å². The zero-order valence-corrected chi connectivity index (χ0v) is 17.6. The number of methoxy groups -OCH3 is 3. The van der Waals surface area contributed by atoms with Gasteiger partial charge in [-0.1, -0.05) is 31.4 Å². The average Bonchev–Trinajstić information content (AvgIpc) is 2.81. The molecule has 2 amide bonds. The fourth-order valence-corrected chi connectivity index (χ4v) is 3.81. The van der Waals surface area contributed by atoms with Gasteiger partial charge in [0.2, 0.25) is 5.75 Å². The lowest BCUT2D eigenvalue weighted by Gasteiger charge is -2.22. The van der Waals surface area contributed by atoms with E-state index < -0.39 is 5.91 Å². The van der Waals surface area contributed by atoms with E-state index in [9.17, 15) is 9.59 Å². The number of ether oxygens (including phenoxy) is 3. The van der Waals surface area contributed by atoms with Gasteiger partial charge in [0.1, 0.15) is 0 Å². The van der Waals surface area contributed by atoms with Crippen LogP contribution in [-0.2, 0) is 0 Å². The second kappa shape index (κ2) is 10.0. The molecule has 2 aromatic rings. The van der Waals surface area contributed by atoms with E-state index in [-0.39, 0.29) is 11.5 Å². The Kier molecular flexibility index (Phi) is 7.17. The summed E-state index contributed by atoms with van der Waals surface area (Å²) in [6, 6.07) is 10.6. The zero-order chi connectivity index (χ0) is 21.5. The lowest BCUT2D eigenvalue weighted by Crippen LogP contribution is -2.41. The summed E-state index contributed by atoms with van der Waals surface area (Å²) in [6.07, 6.45) is 6.25. The highest BCUT2D eigenvalue weighted by atomic mass is 16.5. The summed E-state index contributed by atoms with van der Waals surface area (Å²) >= 11 is 0. The number of carbonyl (C=O) groups is 2. The Morgan fingerprint density at radius 1 is 0.767 bits per heavy atom. The number of hydrazine groups is 1. The van der Waals surface area contributed by atoms with E-state index in [0.717, 1.165) is 0 Å². The van der Waals surface area contributed by atoms with E-state index >= 15 is 0 Å². The Labute approximate surface area is 176 Å². The van der Waals surface area contributed by atoms with Crippen molar-refractivity contribution >= 4 is 11.8 Å². The van der Waals surface area contributed by atoms with Gasteiger partial charge in [-0.15, -0.1) is 0 Å². The van der Waals surface area contributed by atoms with Crippen LogP contribution in [0, 0.1) is 0 Å². The van der Waals surface area contributed by atoms with E-state index in [2.05, 4.69) is 10.9 Å². The number of rotatable bonds is 6. The Hall–Kier alpha value is -3.22. The topological polar surface area (TPSA) is 85.9 Å².